The smallest absolute Gasteiger partial charge is 0.550 e. The first-order valence-corrected chi connectivity index (χ1v) is 10.4. The molecule has 2 aromatic carbocycles. The van der Waals surface area contributed by atoms with Gasteiger partial charge in [-0.15, -0.1) is 0 Å². The first-order chi connectivity index (χ1) is 16.4. The predicted molar refractivity (Wildman–Crippen MR) is 126 cm³/mol. The Hall–Kier alpha value is -2.31. The zero-order valence-corrected chi connectivity index (χ0v) is 21.3. The van der Waals surface area contributed by atoms with Crippen LogP contribution in [0.5, 0.6) is 11.5 Å². The van der Waals surface area contributed by atoms with Crippen LogP contribution in [0.4, 0.5) is 0 Å². The molecule has 0 aliphatic heterocycles. The molecular formula is C28H28O6Ti+2. The third-order valence-electron chi connectivity index (χ3n) is 4.13. The molecule has 2 aliphatic rings. The van der Waals surface area contributed by atoms with Gasteiger partial charge in [0, 0.05) is 24.8 Å². The maximum absolute atomic E-state index is 10.2. The fourth-order valence-electron chi connectivity index (χ4n) is 2.46. The van der Waals surface area contributed by atoms with Gasteiger partial charge in [-0.3, -0.25) is 0 Å². The summed E-state index contributed by atoms with van der Waals surface area (Å²) in [5, 5.41) is 20.4. The van der Waals surface area contributed by atoms with E-state index in [1.165, 1.54) is 0 Å². The first-order valence-electron chi connectivity index (χ1n) is 10.4. The number of ether oxygens (including phenoxy) is 2. The zero-order valence-electron chi connectivity index (χ0n) is 19.8. The van der Waals surface area contributed by atoms with Crippen molar-refractivity contribution in [3.63, 3.8) is 0 Å². The summed E-state index contributed by atoms with van der Waals surface area (Å²) in [5.41, 5.74) is 1.44. The van der Waals surface area contributed by atoms with Crippen LogP contribution in [0.3, 0.4) is 0 Å². The van der Waals surface area contributed by atoms with E-state index in [-0.39, 0.29) is 34.6 Å². The van der Waals surface area contributed by atoms with E-state index < -0.39 is 11.9 Å². The van der Waals surface area contributed by atoms with Crippen LogP contribution in [0.1, 0.15) is 11.1 Å². The van der Waals surface area contributed by atoms with E-state index in [2.05, 4.69) is 0 Å². The van der Waals surface area contributed by atoms with Gasteiger partial charge < -0.3 is 29.3 Å². The summed E-state index contributed by atoms with van der Waals surface area (Å²) in [4.78, 5) is 20.4. The van der Waals surface area contributed by atoms with E-state index in [0.717, 1.165) is 22.6 Å². The number of benzene rings is 2. The molecule has 0 N–H and O–H groups in total. The summed E-state index contributed by atoms with van der Waals surface area (Å²) in [6.45, 7) is 0. The van der Waals surface area contributed by atoms with Crippen LogP contribution in [0.25, 0.3) is 0 Å². The normalized spacial score (nSPS) is 13.3. The number of carboxylic acids is 2. The van der Waals surface area contributed by atoms with E-state index in [9.17, 15) is 19.8 Å². The van der Waals surface area contributed by atoms with Crippen molar-refractivity contribution in [3.05, 3.63) is 124 Å². The molecule has 4 rings (SSSR count). The molecule has 0 saturated heterocycles. The van der Waals surface area contributed by atoms with Crippen molar-refractivity contribution in [2.75, 3.05) is 14.2 Å². The second-order valence-corrected chi connectivity index (χ2v) is 6.72. The molecular weight excluding hydrogens is 480 g/mol. The molecule has 2 saturated carbocycles. The van der Waals surface area contributed by atoms with Crippen molar-refractivity contribution >= 4 is 11.9 Å². The Labute approximate surface area is 224 Å². The third-order valence-corrected chi connectivity index (χ3v) is 4.13. The largest absolute Gasteiger partial charge is 4.00 e. The second-order valence-electron chi connectivity index (χ2n) is 6.72. The Kier molecular flexibility index (Phi) is 19.6. The topological polar surface area (TPSA) is 98.7 Å². The molecule has 10 radical (unpaired) electrons. The Morgan fingerprint density at radius 1 is 0.543 bits per heavy atom. The van der Waals surface area contributed by atoms with Gasteiger partial charge in [0.05, 0.1) is 14.2 Å². The number of rotatable bonds is 6. The molecule has 0 amide bonds. The SMILES string of the molecule is COc1ccc(CC(=O)[O-])cc1.COc1ccc(CC(=O)[O-])cc1.[CH]1[CH][CH][CH][CH]1.[CH]1[CH][CH][CH][CH]1.[Ti+4]. The van der Waals surface area contributed by atoms with Crippen LogP contribution >= 0.6 is 0 Å². The maximum atomic E-state index is 10.2. The average molecular weight is 508 g/mol. The molecule has 2 fully saturated rings. The summed E-state index contributed by atoms with van der Waals surface area (Å²) in [6.07, 6.45) is 19.9. The Bertz CT molecular complexity index is 712. The summed E-state index contributed by atoms with van der Waals surface area (Å²) in [6, 6.07) is 13.7. The molecule has 7 heteroatoms. The van der Waals surface area contributed by atoms with Crippen LogP contribution in [0.2, 0.25) is 0 Å². The fourth-order valence-corrected chi connectivity index (χ4v) is 2.46. The van der Waals surface area contributed by atoms with Crippen molar-refractivity contribution in [2.24, 2.45) is 0 Å². The van der Waals surface area contributed by atoms with Crippen LogP contribution in [-0.4, -0.2) is 26.2 Å². The van der Waals surface area contributed by atoms with Crippen molar-refractivity contribution in [3.8, 4) is 11.5 Å². The summed E-state index contributed by atoms with van der Waals surface area (Å²) in [5.74, 6) is -0.700. The van der Waals surface area contributed by atoms with Crippen molar-refractivity contribution in [1.29, 1.82) is 0 Å². The first kappa shape index (κ1) is 32.7. The number of carbonyl (C=O) groups is 2. The van der Waals surface area contributed by atoms with Gasteiger partial charge in [-0.2, -0.15) is 0 Å². The quantitative estimate of drug-likeness (QED) is 0.554. The number of carboxylic acid groups (broad SMARTS) is 2. The van der Waals surface area contributed by atoms with Crippen molar-refractivity contribution < 1.29 is 51.0 Å². The Morgan fingerprint density at radius 2 is 0.771 bits per heavy atom. The van der Waals surface area contributed by atoms with Crippen LogP contribution in [-0.2, 0) is 44.1 Å². The molecule has 6 nitrogen and oxygen atoms in total. The third kappa shape index (κ3) is 17.7. The maximum Gasteiger partial charge on any atom is 4.00 e. The van der Waals surface area contributed by atoms with Gasteiger partial charge in [0.1, 0.15) is 11.5 Å². The van der Waals surface area contributed by atoms with Gasteiger partial charge in [0.25, 0.3) is 0 Å². The van der Waals surface area contributed by atoms with E-state index >= 15 is 0 Å². The van der Waals surface area contributed by atoms with Gasteiger partial charge in [-0.1, -0.05) is 24.3 Å². The van der Waals surface area contributed by atoms with E-state index in [0.29, 0.717) is 0 Å². The molecule has 0 heterocycles. The van der Waals surface area contributed by atoms with E-state index in [4.69, 9.17) is 9.47 Å². The summed E-state index contributed by atoms with van der Waals surface area (Å²) >= 11 is 0. The van der Waals surface area contributed by atoms with Crippen LogP contribution in [0, 0.1) is 64.2 Å². The Balaban J connectivity index is 0.000000468. The van der Waals surface area contributed by atoms with Gasteiger partial charge >= 0.3 is 21.7 Å². The van der Waals surface area contributed by atoms with Gasteiger partial charge in [-0.05, 0) is 99.6 Å². The predicted octanol–water partition coefficient (Wildman–Crippen LogP) is 2.02. The Morgan fingerprint density at radius 3 is 0.943 bits per heavy atom. The number of aliphatic carboxylic acids is 2. The monoisotopic (exact) mass is 508 g/mol. The van der Waals surface area contributed by atoms with Crippen molar-refractivity contribution in [1.82, 2.24) is 0 Å². The zero-order chi connectivity index (χ0) is 25.0. The summed E-state index contributed by atoms with van der Waals surface area (Å²) < 4.78 is 9.82. The fraction of sp³-hybridized carbons (Fsp3) is 0.143. The second kappa shape index (κ2) is 21.0. The average Bonchev–Trinajstić information content (AvgIpc) is 3.59. The van der Waals surface area contributed by atoms with Crippen LogP contribution in [0.15, 0.2) is 48.5 Å². The minimum absolute atomic E-state index is 0. The minimum Gasteiger partial charge on any atom is -0.550 e. The molecule has 2 aliphatic carbocycles. The molecule has 0 bridgehead atoms. The molecule has 0 spiro atoms. The number of hydrogen-bond acceptors (Lipinski definition) is 6. The molecule has 35 heavy (non-hydrogen) atoms. The number of hydrogen-bond donors (Lipinski definition) is 0. The minimum atomic E-state index is -1.07. The van der Waals surface area contributed by atoms with Crippen LogP contribution < -0.4 is 19.7 Å². The molecule has 2 aromatic rings. The molecule has 178 valence electrons. The van der Waals surface area contributed by atoms with Gasteiger partial charge in [-0.25, -0.2) is 0 Å². The molecule has 0 atom stereocenters. The van der Waals surface area contributed by atoms with Gasteiger partial charge in [0.2, 0.25) is 0 Å². The molecule has 0 aromatic heterocycles. The van der Waals surface area contributed by atoms with Crippen molar-refractivity contribution in [2.45, 2.75) is 12.8 Å². The number of methoxy groups -OCH3 is 2. The van der Waals surface area contributed by atoms with Gasteiger partial charge in [0.15, 0.2) is 0 Å². The standard InChI is InChI=1S/2C9H10O3.2C5H5.Ti/c2*1-12-8-4-2-7(3-5-8)6-9(10)11;2*1-2-4-5-3-1;/h2*2-5H,6H2,1H3,(H,10,11);2*1-5H;/q;;;;+4/p-2. The van der Waals surface area contributed by atoms with E-state index in [1.807, 2.05) is 64.2 Å². The summed E-state index contributed by atoms with van der Waals surface area (Å²) in [7, 11) is 3.13. The van der Waals surface area contributed by atoms with E-state index in [1.54, 1.807) is 62.8 Å². The molecule has 0 unspecified atom stereocenters. The number of carbonyl (C=O) groups excluding carboxylic acids is 2.